The standard InChI is InChI=1S/C9H12FN3OS/c10-7-4-12-9(13-5-7)15(14)8-2-1-3-11-6-8/h4-5,8,11H,1-3,6H2. The Bertz CT molecular complexity index is 351. The molecule has 1 N–H and O–H groups in total. The molecule has 1 fully saturated rings. The molecule has 2 rings (SSSR count). The summed E-state index contributed by atoms with van der Waals surface area (Å²) in [7, 11) is -1.23. The van der Waals surface area contributed by atoms with Gasteiger partial charge in [-0.2, -0.15) is 0 Å². The minimum atomic E-state index is -1.23. The molecule has 15 heavy (non-hydrogen) atoms. The van der Waals surface area contributed by atoms with Crippen molar-refractivity contribution in [2.75, 3.05) is 13.1 Å². The number of halogens is 1. The molecule has 1 aliphatic heterocycles. The van der Waals surface area contributed by atoms with Crippen molar-refractivity contribution in [1.29, 1.82) is 0 Å². The summed E-state index contributed by atoms with van der Waals surface area (Å²) < 4.78 is 24.5. The minimum Gasteiger partial charge on any atom is -0.316 e. The van der Waals surface area contributed by atoms with Gasteiger partial charge in [0.1, 0.15) is 0 Å². The van der Waals surface area contributed by atoms with Crippen LogP contribution in [0.25, 0.3) is 0 Å². The first-order chi connectivity index (χ1) is 7.27. The number of rotatable bonds is 2. The lowest BCUT2D eigenvalue weighted by Crippen LogP contribution is -2.36. The van der Waals surface area contributed by atoms with E-state index in [4.69, 9.17) is 0 Å². The molecule has 0 saturated carbocycles. The van der Waals surface area contributed by atoms with Gasteiger partial charge >= 0.3 is 0 Å². The van der Waals surface area contributed by atoms with Crippen LogP contribution in [0.2, 0.25) is 0 Å². The van der Waals surface area contributed by atoms with Crippen LogP contribution >= 0.6 is 0 Å². The average Bonchev–Trinajstić information content (AvgIpc) is 2.30. The minimum absolute atomic E-state index is 0.0456. The van der Waals surface area contributed by atoms with Gasteiger partial charge in [-0.3, -0.25) is 4.21 Å². The fraction of sp³-hybridized carbons (Fsp3) is 0.556. The summed E-state index contributed by atoms with van der Waals surface area (Å²) in [4.78, 5) is 7.48. The number of hydrogen-bond donors (Lipinski definition) is 1. The van der Waals surface area contributed by atoms with Crippen molar-refractivity contribution in [2.24, 2.45) is 0 Å². The molecular weight excluding hydrogens is 217 g/mol. The number of hydrogen-bond acceptors (Lipinski definition) is 4. The van der Waals surface area contributed by atoms with E-state index in [1.54, 1.807) is 0 Å². The number of nitrogens with zero attached hydrogens (tertiary/aromatic N) is 2. The smallest absolute Gasteiger partial charge is 0.218 e. The second-order valence-electron chi connectivity index (χ2n) is 3.45. The van der Waals surface area contributed by atoms with Crippen LogP contribution in [0.1, 0.15) is 12.8 Å². The van der Waals surface area contributed by atoms with Gasteiger partial charge in [-0.05, 0) is 19.4 Å². The van der Waals surface area contributed by atoms with E-state index >= 15 is 0 Å². The van der Waals surface area contributed by atoms with Crippen molar-refractivity contribution in [1.82, 2.24) is 15.3 Å². The van der Waals surface area contributed by atoms with Crippen LogP contribution in [0.4, 0.5) is 4.39 Å². The second kappa shape index (κ2) is 4.76. The van der Waals surface area contributed by atoms with Gasteiger partial charge in [0.2, 0.25) is 5.16 Å². The molecule has 0 bridgehead atoms. The molecule has 2 heterocycles. The first kappa shape index (κ1) is 10.6. The zero-order valence-electron chi connectivity index (χ0n) is 8.15. The predicted molar refractivity (Wildman–Crippen MR) is 54.3 cm³/mol. The second-order valence-corrected chi connectivity index (χ2v) is 5.08. The summed E-state index contributed by atoms with van der Waals surface area (Å²) >= 11 is 0. The first-order valence-electron chi connectivity index (χ1n) is 4.86. The molecule has 0 aromatic carbocycles. The Labute approximate surface area is 89.8 Å². The van der Waals surface area contributed by atoms with E-state index in [9.17, 15) is 8.60 Å². The zero-order chi connectivity index (χ0) is 10.7. The Morgan fingerprint density at radius 3 is 2.80 bits per heavy atom. The third-order valence-electron chi connectivity index (χ3n) is 2.33. The van der Waals surface area contributed by atoms with Crippen LogP contribution in [0.15, 0.2) is 17.6 Å². The lowest BCUT2D eigenvalue weighted by atomic mass is 10.2. The summed E-state index contributed by atoms with van der Waals surface area (Å²) in [5, 5.41) is 3.45. The normalized spacial score (nSPS) is 23.7. The van der Waals surface area contributed by atoms with Gasteiger partial charge in [0.25, 0.3) is 0 Å². The Morgan fingerprint density at radius 1 is 1.47 bits per heavy atom. The summed E-state index contributed by atoms with van der Waals surface area (Å²) in [6.07, 6.45) is 4.02. The predicted octanol–water partition coefficient (Wildman–Crippen LogP) is 0.475. The van der Waals surface area contributed by atoms with Crippen LogP contribution < -0.4 is 5.32 Å². The summed E-state index contributed by atoms with van der Waals surface area (Å²) in [5.74, 6) is -0.502. The maximum atomic E-state index is 12.6. The van der Waals surface area contributed by atoms with Gasteiger partial charge < -0.3 is 5.32 Å². The Balaban J connectivity index is 2.09. The van der Waals surface area contributed by atoms with E-state index in [-0.39, 0.29) is 10.4 Å². The lowest BCUT2D eigenvalue weighted by molar-refractivity contribution is 0.517. The average molecular weight is 229 g/mol. The van der Waals surface area contributed by atoms with E-state index in [1.165, 1.54) is 0 Å². The monoisotopic (exact) mass is 229 g/mol. The summed E-state index contributed by atoms with van der Waals surface area (Å²) in [6.45, 7) is 1.69. The number of piperidine rings is 1. The topological polar surface area (TPSA) is 54.9 Å². The fourth-order valence-electron chi connectivity index (χ4n) is 1.56. The lowest BCUT2D eigenvalue weighted by Gasteiger charge is -2.20. The van der Waals surface area contributed by atoms with Crippen LogP contribution in [-0.4, -0.2) is 32.5 Å². The largest absolute Gasteiger partial charge is 0.316 e. The van der Waals surface area contributed by atoms with Crippen LogP contribution in [0.5, 0.6) is 0 Å². The fourth-order valence-corrected chi connectivity index (χ4v) is 2.82. The third kappa shape index (κ3) is 2.57. The van der Waals surface area contributed by atoms with E-state index in [0.717, 1.165) is 31.8 Å². The van der Waals surface area contributed by atoms with E-state index in [0.29, 0.717) is 6.54 Å². The van der Waals surface area contributed by atoms with Crippen molar-refractivity contribution in [2.45, 2.75) is 23.2 Å². The Kier molecular flexibility index (Phi) is 3.37. The Hall–Kier alpha value is -0.880. The van der Waals surface area contributed by atoms with Gasteiger partial charge in [0.05, 0.1) is 28.4 Å². The van der Waals surface area contributed by atoms with Crippen LogP contribution in [-0.2, 0) is 10.8 Å². The highest BCUT2D eigenvalue weighted by atomic mass is 32.2. The number of aromatic nitrogens is 2. The van der Waals surface area contributed by atoms with Gasteiger partial charge in [-0.1, -0.05) is 0 Å². The molecule has 82 valence electrons. The molecule has 2 atom stereocenters. The Morgan fingerprint density at radius 2 is 2.20 bits per heavy atom. The molecule has 0 spiro atoms. The van der Waals surface area contributed by atoms with Gasteiger partial charge in [0, 0.05) is 6.54 Å². The van der Waals surface area contributed by atoms with Gasteiger partial charge in [-0.25, -0.2) is 14.4 Å². The quantitative estimate of drug-likeness (QED) is 0.749. The highest BCUT2D eigenvalue weighted by Crippen LogP contribution is 2.13. The van der Waals surface area contributed by atoms with Crippen LogP contribution in [0.3, 0.4) is 0 Å². The molecule has 0 aliphatic carbocycles. The van der Waals surface area contributed by atoms with Crippen molar-refractivity contribution in [3.63, 3.8) is 0 Å². The molecule has 1 aromatic rings. The number of nitrogens with one attached hydrogen (secondary N) is 1. The van der Waals surface area contributed by atoms with E-state index in [1.807, 2.05) is 0 Å². The molecule has 1 aromatic heterocycles. The molecule has 2 unspecified atom stereocenters. The van der Waals surface area contributed by atoms with E-state index in [2.05, 4.69) is 15.3 Å². The highest BCUT2D eigenvalue weighted by molar-refractivity contribution is 7.85. The van der Waals surface area contributed by atoms with Crippen molar-refractivity contribution in [3.05, 3.63) is 18.2 Å². The maximum Gasteiger partial charge on any atom is 0.218 e. The first-order valence-corrected chi connectivity index (χ1v) is 6.07. The maximum absolute atomic E-state index is 12.6. The molecule has 0 amide bonds. The SMILES string of the molecule is O=S(c1ncc(F)cn1)C1CCCNC1. The molecular formula is C9H12FN3OS. The summed E-state index contributed by atoms with van der Waals surface area (Å²) in [5.41, 5.74) is 0. The summed E-state index contributed by atoms with van der Waals surface area (Å²) in [6, 6.07) is 0. The van der Waals surface area contributed by atoms with Crippen molar-refractivity contribution in [3.8, 4) is 0 Å². The molecule has 6 heteroatoms. The van der Waals surface area contributed by atoms with Gasteiger partial charge in [0.15, 0.2) is 5.82 Å². The van der Waals surface area contributed by atoms with Crippen molar-refractivity contribution >= 4 is 10.8 Å². The highest BCUT2D eigenvalue weighted by Gasteiger charge is 2.22. The van der Waals surface area contributed by atoms with Crippen LogP contribution in [0, 0.1) is 5.82 Å². The molecule has 1 aliphatic rings. The molecule has 4 nitrogen and oxygen atoms in total. The van der Waals surface area contributed by atoms with E-state index < -0.39 is 16.6 Å². The van der Waals surface area contributed by atoms with Gasteiger partial charge in [-0.15, -0.1) is 0 Å². The molecule has 1 saturated heterocycles. The zero-order valence-corrected chi connectivity index (χ0v) is 8.97. The third-order valence-corrected chi connectivity index (χ3v) is 3.91. The molecule has 0 radical (unpaired) electrons. The van der Waals surface area contributed by atoms with Crippen molar-refractivity contribution < 1.29 is 8.60 Å².